The van der Waals surface area contributed by atoms with Crippen LogP contribution in [0.4, 0.5) is 10.1 Å². The minimum absolute atomic E-state index is 0. The van der Waals surface area contributed by atoms with Gasteiger partial charge in [-0.2, -0.15) is 0 Å². The number of aryl methyl sites for hydroxylation is 1. The van der Waals surface area contributed by atoms with E-state index in [1.165, 1.54) is 6.07 Å². The van der Waals surface area contributed by atoms with Gasteiger partial charge in [0.15, 0.2) is 5.82 Å². The standard InChI is InChI=1S/C19H24FN5O2.2ClH/c20-15-7-5-12(22-19(26)16-8-6-13(11-21)27-16)10-14(15)18-24-23-17-4-2-1-3-9-25(17)18;;/h5,7,10,13,16H,1-4,6,8-9,11,21H2,(H,22,26);2*1H/t13-,16+;;/m1../s1. The molecule has 7 nitrogen and oxygen atoms in total. The smallest absolute Gasteiger partial charge is 0.253 e. The Labute approximate surface area is 181 Å². The molecule has 0 unspecified atom stereocenters. The third-order valence-electron chi connectivity index (χ3n) is 5.25. The van der Waals surface area contributed by atoms with E-state index in [1.807, 2.05) is 4.57 Å². The Morgan fingerprint density at radius 1 is 1.24 bits per heavy atom. The molecular formula is C19H26Cl2FN5O2. The molecule has 0 aliphatic carbocycles. The second kappa shape index (κ2) is 10.3. The van der Waals surface area contributed by atoms with Gasteiger partial charge in [-0.1, -0.05) is 6.42 Å². The summed E-state index contributed by atoms with van der Waals surface area (Å²) in [6.07, 6.45) is 4.90. The van der Waals surface area contributed by atoms with Gasteiger partial charge in [-0.3, -0.25) is 4.79 Å². The number of nitrogens with two attached hydrogens (primary N) is 1. The average Bonchev–Trinajstić information content (AvgIpc) is 3.25. The summed E-state index contributed by atoms with van der Waals surface area (Å²) in [4.78, 5) is 12.4. The number of carbonyl (C=O) groups is 1. The van der Waals surface area contributed by atoms with Crippen molar-refractivity contribution in [3.8, 4) is 11.4 Å². The largest absolute Gasteiger partial charge is 0.364 e. The van der Waals surface area contributed by atoms with Crippen molar-refractivity contribution in [3.05, 3.63) is 29.8 Å². The third-order valence-corrected chi connectivity index (χ3v) is 5.25. The highest BCUT2D eigenvalue weighted by molar-refractivity contribution is 5.94. The van der Waals surface area contributed by atoms with Gasteiger partial charge in [0.2, 0.25) is 0 Å². The molecule has 2 aromatic rings. The van der Waals surface area contributed by atoms with Gasteiger partial charge in [-0.05, 0) is 43.9 Å². The van der Waals surface area contributed by atoms with Crippen LogP contribution in [0.25, 0.3) is 11.4 Å². The molecule has 2 aliphatic heterocycles. The van der Waals surface area contributed by atoms with E-state index in [1.54, 1.807) is 12.1 Å². The summed E-state index contributed by atoms with van der Waals surface area (Å²) in [7, 11) is 0. The van der Waals surface area contributed by atoms with Crippen LogP contribution in [-0.4, -0.2) is 39.4 Å². The van der Waals surface area contributed by atoms with Crippen molar-refractivity contribution in [2.45, 2.75) is 57.3 Å². The Balaban J connectivity index is 0.00000150. The molecule has 1 saturated heterocycles. The van der Waals surface area contributed by atoms with Gasteiger partial charge < -0.3 is 20.4 Å². The van der Waals surface area contributed by atoms with Crippen molar-refractivity contribution in [2.24, 2.45) is 5.73 Å². The molecule has 2 aliphatic rings. The molecule has 3 N–H and O–H groups in total. The number of nitrogens with one attached hydrogen (secondary N) is 1. The lowest BCUT2D eigenvalue weighted by Gasteiger charge is -2.14. The number of fused-ring (bicyclic) bond motifs is 1. The van der Waals surface area contributed by atoms with E-state index >= 15 is 0 Å². The molecule has 160 valence electrons. The molecule has 2 atom stereocenters. The average molecular weight is 446 g/mol. The number of hydrogen-bond acceptors (Lipinski definition) is 5. The van der Waals surface area contributed by atoms with Crippen LogP contribution in [0, 0.1) is 5.82 Å². The Hall–Kier alpha value is -1.74. The number of carbonyl (C=O) groups excluding carboxylic acids is 1. The number of benzene rings is 1. The SMILES string of the molecule is Cl.Cl.NC[C@H]1CC[C@@H](C(=O)Nc2ccc(F)c(-c3nnc4n3CCCCC4)c2)O1. The summed E-state index contributed by atoms with van der Waals surface area (Å²) in [6.45, 7) is 1.19. The normalized spacial score (nSPS) is 20.8. The summed E-state index contributed by atoms with van der Waals surface area (Å²) in [5.41, 5.74) is 6.46. The topological polar surface area (TPSA) is 95.1 Å². The molecule has 0 spiro atoms. The summed E-state index contributed by atoms with van der Waals surface area (Å²) in [5.74, 6) is 0.792. The van der Waals surface area contributed by atoms with E-state index in [9.17, 15) is 9.18 Å². The van der Waals surface area contributed by atoms with Gasteiger partial charge in [0.1, 0.15) is 17.7 Å². The number of anilines is 1. The lowest BCUT2D eigenvalue weighted by atomic mass is 10.1. The number of nitrogens with zero attached hydrogens (tertiary/aromatic N) is 3. The quantitative estimate of drug-likeness (QED) is 0.753. The van der Waals surface area contributed by atoms with Crippen LogP contribution < -0.4 is 11.1 Å². The first-order valence-corrected chi connectivity index (χ1v) is 9.54. The van der Waals surface area contributed by atoms with E-state index < -0.39 is 6.10 Å². The predicted octanol–water partition coefficient (Wildman–Crippen LogP) is 3.10. The van der Waals surface area contributed by atoms with Crippen molar-refractivity contribution < 1.29 is 13.9 Å². The van der Waals surface area contributed by atoms with Crippen LogP contribution >= 0.6 is 24.8 Å². The first-order chi connectivity index (χ1) is 13.2. The lowest BCUT2D eigenvalue weighted by molar-refractivity contribution is -0.126. The second-order valence-corrected chi connectivity index (χ2v) is 7.15. The third kappa shape index (κ3) is 5.06. The van der Waals surface area contributed by atoms with Gasteiger partial charge in [0, 0.05) is 25.2 Å². The molecule has 0 radical (unpaired) electrons. The van der Waals surface area contributed by atoms with Crippen molar-refractivity contribution in [1.82, 2.24) is 14.8 Å². The number of amides is 1. The van der Waals surface area contributed by atoms with Gasteiger partial charge in [0.25, 0.3) is 5.91 Å². The zero-order valence-corrected chi connectivity index (χ0v) is 17.6. The lowest BCUT2D eigenvalue weighted by Crippen LogP contribution is -2.29. The predicted molar refractivity (Wildman–Crippen MR) is 113 cm³/mol. The summed E-state index contributed by atoms with van der Waals surface area (Å²) in [6, 6.07) is 4.51. The Kier molecular flexibility index (Phi) is 8.39. The maximum Gasteiger partial charge on any atom is 0.253 e. The Bertz CT molecular complexity index is 848. The van der Waals surface area contributed by atoms with E-state index in [0.717, 1.165) is 44.5 Å². The fraction of sp³-hybridized carbons (Fsp3) is 0.526. The number of ether oxygens (including phenoxy) is 1. The van der Waals surface area contributed by atoms with Gasteiger partial charge in [0.05, 0.1) is 11.7 Å². The fourth-order valence-corrected chi connectivity index (χ4v) is 3.75. The highest BCUT2D eigenvalue weighted by Crippen LogP contribution is 2.28. The van der Waals surface area contributed by atoms with Crippen molar-refractivity contribution >= 4 is 36.4 Å². The van der Waals surface area contributed by atoms with Crippen LogP contribution in [0.1, 0.15) is 37.9 Å². The van der Waals surface area contributed by atoms with Crippen LogP contribution in [0.3, 0.4) is 0 Å². The molecule has 29 heavy (non-hydrogen) atoms. The van der Waals surface area contributed by atoms with Crippen LogP contribution in [0.2, 0.25) is 0 Å². The minimum Gasteiger partial charge on any atom is -0.364 e. The summed E-state index contributed by atoms with van der Waals surface area (Å²) < 4.78 is 22.1. The monoisotopic (exact) mass is 445 g/mol. The summed E-state index contributed by atoms with van der Waals surface area (Å²) >= 11 is 0. The second-order valence-electron chi connectivity index (χ2n) is 7.15. The molecule has 0 bridgehead atoms. The van der Waals surface area contributed by atoms with Gasteiger partial charge in [-0.15, -0.1) is 35.0 Å². The van der Waals surface area contributed by atoms with E-state index in [-0.39, 0.29) is 42.6 Å². The number of rotatable bonds is 4. The van der Waals surface area contributed by atoms with E-state index in [2.05, 4.69) is 15.5 Å². The van der Waals surface area contributed by atoms with Gasteiger partial charge in [-0.25, -0.2) is 4.39 Å². The molecule has 10 heteroatoms. The number of hydrogen-bond donors (Lipinski definition) is 2. The first-order valence-electron chi connectivity index (χ1n) is 9.54. The molecule has 1 fully saturated rings. The van der Waals surface area contributed by atoms with Crippen LogP contribution in [-0.2, 0) is 22.5 Å². The van der Waals surface area contributed by atoms with E-state index in [0.29, 0.717) is 30.0 Å². The van der Waals surface area contributed by atoms with Gasteiger partial charge >= 0.3 is 0 Å². The van der Waals surface area contributed by atoms with E-state index in [4.69, 9.17) is 10.5 Å². The summed E-state index contributed by atoms with van der Waals surface area (Å²) in [5, 5.41) is 11.3. The highest BCUT2D eigenvalue weighted by atomic mass is 35.5. The zero-order valence-electron chi connectivity index (χ0n) is 16.0. The molecule has 0 saturated carbocycles. The minimum atomic E-state index is -0.517. The molecule has 1 aromatic carbocycles. The highest BCUT2D eigenvalue weighted by Gasteiger charge is 2.30. The fourth-order valence-electron chi connectivity index (χ4n) is 3.75. The van der Waals surface area contributed by atoms with Crippen molar-refractivity contribution in [1.29, 1.82) is 0 Å². The molecule has 1 amide bonds. The molecule has 3 heterocycles. The van der Waals surface area contributed by atoms with Crippen molar-refractivity contribution in [2.75, 3.05) is 11.9 Å². The number of aromatic nitrogens is 3. The molecule has 1 aromatic heterocycles. The van der Waals surface area contributed by atoms with Crippen LogP contribution in [0.5, 0.6) is 0 Å². The molecular weight excluding hydrogens is 420 g/mol. The maximum absolute atomic E-state index is 14.5. The number of halogens is 3. The maximum atomic E-state index is 14.5. The Morgan fingerprint density at radius 2 is 2.07 bits per heavy atom. The first kappa shape index (κ1) is 23.5. The molecule has 4 rings (SSSR count). The Morgan fingerprint density at radius 3 is 2.83 bits per heavy atom. The van der Waals surface area contributed by atoms with Crippen LogP contribution in [0.15, 0.2) is 18.2 Å². The van der Waals surface area contributed by atoms with Crippen molar-refractivity contribution in [3.63, 3.8) is 0 Å². The zero-order chi connectivity index (χ0) is 18.8.